The minimum Gasteiger partial charge on any atom is -0.376 e. The van der Waals surface area contributed by atoms with Gasteiger partial charge in [0.1, 0.15) is 6.17 Å². The predicted molar refractivity (Wildman–Crippen MR) is 93.0 cm³/mol. The second-order valence-electron chi connectivity index (χ2n) is 8.42. The van der Waals surface area contributed by atoms with Crippen LogP contribution in [0.3, 0.4) is 0 Å². The molecular formula is C19H33FN2O3. The molecule has 1 heterocycles. The molecule has 1 amide bonds. The molecule has 0 aromatic carbocycles. The van der Waals surface area contributed by atoms with Crippen LogP contribution in [-0.4, -0.2) is 53.5 Å². The van der Waals surface area contributed by atoms with Gasteiger partial charge in [-0.1, -0.05) is 0 Å². The van der Waals surface area contributed by atoms with Crippen molar-refractivity contribution in [2.24, 2.45) is 17.8 Å². The Morgan fingerprint density at radius 3 is 2.64 bits per heavy atom. The number of nitrogens with zero attached hydrogens (tertiary/aromatic N) is 1. The lowest BCUT2D eigenvalue weighted by molar-refractivity contribution is -0.137. The Bertz CT molecular complexity index is 456. The fraction of sp³-hybridized carbons (Fsp3) is 0.947. The van der Waals surface area contributed by atoms with E-state index in [0.29, 0.717) is 49.8 Å². The standard InChI is InChI=1S/C19H33FN2O3/c1-12-11-25-18-9-15(19(23)21-24)3-4-16(18)10-22(12)13(2)14-5-7-17(20)8-6-14/h12-18,24H,3-11H2,1-2H3,(H,21,23)/t12-,13?,14?,15?,16?,17?,18?/m0/s1. The third kappa shape index (κ3) is 4.34. The highest BCUT2D eigenvalue weighted by molar-refractivity contribution is 5.77. The first kappa shape index (κ1) is 19.1. The molecule has 25 heavy (non-hydrogen) atoms. The Hall–Kier alpha value is -0.720. The number of carbonyl (C=O) groups is 1. The van der Waals surface area contributed by atoms with Gasteiger partial charge in [0.15, 0.2) is 0 Å². The summed E-state index contributed by atoms with van der Waals surface area (Å²) in [7, 11) is 0. The van der Waals surface area contributed by atoms with Crippen LogP contribution in [0.5, 0.6) is 0 Å². The van der Waals surface area contributed by atoms with Crippen molar-refractivity contribution in [3.05, 3.63) is 0 Å². The lowest BCUT2D eigenvalue weighted by Crippen LogP contribution is -2.48. The van der Waals surface area contributed by atoms with Gasteiger partial charge < -0.3 is 4.74 Å². The molecule has 0 aromatic heterocycles. The van der Waals surface area contributed by atoms with Crippen molar-refractivity contribution in [3.8, 4) is 0 Å². The molecule has 1 aliphatic heterocycles. The van der Waals surface area contributed by atoms with E-state index in [1.807, 2.05) is 0 Å². The first-order chi connectivity index (χ1) is 12.0. The van der Waals surface area contributed by atoms with Crippen LogP contribution in [0.4, 0.5) is 4.39 Å². The maximum atomic E-state index is 13.5. The van der Waals surface area contributed by atoms with Crippen molar-refractivity contribution < 1.29 is 19.1 Å². The first-order valence-electron chi connectivity index (χ1n) is 9.95. The minimum atomic E-state index is -0.606. The molecule has 5 atom stereocenters. The smallest absolute Gasteiger partial charge is 0.246 e. The number of alkyl halides is 1. The second kappa shape index (κ2) is 8.31. The van der Waals surface area contributed by atoms with E-state index >= 15 is 0 Å². The number of nitrogens with one attached hydrogen (secondary N) is 1. The summed E-state index contributed by atoms with van der Waals surface area (Å²) in [6.45, 7) is 6.19. The lowest BCUT2D eigenvalue weighted by atomic mass is 9.78. The summed E-state index contributed by atoms with van der Waals surface area (Å²) >= 11 is 0. The SMILES string of the molecule is CC(C1CCC(F)CC1)N1CC2CCC(C(=O)NO)CC2OC[C@@H]1C. The fourth-order valence-corrected chi connectivity index (χ4v) is 5.14. The summed E-state index contributed by atoms with van der Waals surface area (Å²) in [6.07, 6.45) is 5.33. The number of hydrogen-bond acceptors (Lipinski definition) is 4. The zero-order valence-corrected chi connectivity index (χ0v) is 15.5. The van der Waals surface area contributed by atoms with Gasteiger partial charge in [-0.05, 0) is 70.6 Å². The van der Waals surface area contributed by atoms with Crippen LogP contribution < -0.4 is 5.48 Å². The summed E-state index contributed by atoms with van der Waals surface area (Å²) in [4.78, 5) is 14.3. The Morgan fingerprint density at radius 1 is 1.24 bits per heavy atom. The number of fused-ring (bicyclic) bond motifs is 1. The summed E-state index contributed by atoms with van der Waals surface area (Å²) in [5.74, 6) is 0.577. The lowest BCUT2D eigenvalue weighted by Gasteiger charge is -2.41. The Balaban J connectivity index is 1.62. The van der Waals surface area contributed by atoms with E-state index in [0.717, 1.165) is 32.2 Å². The van der Waals surface area contributed by atoms with Gasteiger partial charge in [0.25, 0.3) is 0 Å². The van der Waals surface area contributed by atoms with Gasteiger partial charge in [-0.3, -0.25) is 14.9 Å². The summed E-state index contributed by atoms with van der Waals surface area (Å²) < 4.78 is 19.6. The van der Waals surface area contributed by atoms with E-state index in [2.05, 4.69) is 18.7 Å². The van der Waals surface area contributed by atoms with Crippen LogP contribution >= 0.6 is 0 Å². The average Bonchev–Trinajstić information content (AvgIpc) is 2.79. The highest BCUT2D eigenvalue weighted by atomic mass is 19.1. The Labute approximate surface area is 150 Å². The minimum absolute atomic E-state index is 0.0947. The van der Waals surface area contributed by atoms with E-state index in [4.69, 9.17) is 9.94 Å². The Kier molecular flexibility index (Phi) is 6.34. The summed E-state index contributed by atoms with van der Waals surface area (Å²) in [5.41, 5.74) is 1.79. The highest BCUT2D eigenvalue weighted by Gasteiger charge is 2.40. The number of ether oxygens (including phenoxy) is 1. The molecule has 0 radical (unpaired) electrons. The molecule has 4 unspecified atom stereocenters. The molecule has 3 aliphatic rings. The zero-order valence-electron chi connectivity index (χ0n) is 15.5. The van der Waals surface area contributed by atoms with E-state index in [1.54, 1.807) is 5.48 Å². The summed E-state index contributed by atoms with van der Waals surface area (Å²) in [6, 6.07) is 0.789. The first-order valence-corrected chi connectivity index (χ1v) is 9.95. The van der Waals surface area contributed by atoms with Gasteiger partial charge in [0, 0.05) is 24.5 Å². The van der Waals surface area contributed by atoms with Gasteiger partial charge in [0.2, 0.25) is 5.91 Å². The summed E-state index contributed by atoms with van der Waals surface area (Å²) in [5, 5.41) is 8.88. The normalized spacial score (nSPS) is 41.4. The molecule has 1 saturated heterocycles. The van der Waals surface area contributed by atoms with Gasteiger partial charge in [-0.25, -0.2) is 9.87 Å². The molecule has 0 bridgehead atoms. The van der Waals surface area contributed by atoms with Crippen molar-refractivity contribution in [1.82, 2.24) is 10.4 Å². The zero-order chi connectivity index (χ0) is 18.0. The maximum Gasteiger partial charge on any atom is 0.246 e. The average molecular weight is 356 g/mol. The van der Waals surface area contributed by atoms with Gasteiger partial charge >= 0.3 is 0 Å². The van der Waals surface area contributed by atoms with Crippen LogP contribution in [0.25, 0.3) is 0 Å². The van der Waals surface area contributed by atoms with Crippen molar-refractivity contribution >= 4 is 5.91 Å². The molecule has 3 rings (SSSR count). The van der Waals surface area contributed by atoms with Crippen LogP contribution in [-0.2, 0) is 9.53 Å². The molecule has 0 spiro atoms. The number of hydroxylamine groups is 1. The molecule has 2 N–H and O–H groups in total. The quantitative estimate of drug-likeness (QED) is 0.603. The molecule has 144 valence electrons. The highest BCUT2D eigenvalue weighted by Crippen LogP contribution is 2.37. The molecule has 0 aromatic rings. The van der Waals surface area contributed by atoms with Crippen molar-refractivity contribution in [2.75, 3.05) is 13.2 Å². The number of amides is 1. The van der Waals surface area contributed by atoms with Crippen LogP contribution in [0.1, 0.15) is 58.8 Å². The van der Waals surface area contributed by atoms with E-state index < -0.39 is 6.17 Å². The van der Waals surface area contributed by atoms with Gasteiger partial charge in [0.05, 0.1) is 12.7 Å². The molecule has 2 aliphatic carbocycles. The molecule has 2 saturated carbocycles. The van der Waals surface area contributed by atoms with Crippen molar-refractivity contribution in [1.29, 1.82) is 0 Å². The van der Waals surface area contributed by atoms with Gasteiger partial charge in [-0.2, -0.15) is 0 Å². The predicted octanol–water partition coefficient (Wildman–Crippen LogP) is 2.91. The number of halogens is 1. The van der Waals surface area contributed by atoms with Crippen molar-refractivity contribution in [2.45, 2.75) is 83.2 Å². The number of hydrogen-bond donors (Lipinski definition) is 2. The van der Waals surface area contributed by atoms with E-state index in [-0.39, 0.29) is 17.9 Å². The number of carbonyl (C=O) groups excluding carboxylic acids is 1. The number of rotatable bonds is 3. The molecule has 6 heteroatoms. The molecule has 3 fully saturated rings. The third-order valence-corrected chi connectivity index (χ3v) is 6.88. The molecular weight excluding hydrogens is 323 g/mol. The third-order valence-electron chi connectivity index (χ3n) is 6.88. The topological polar surface area (TPSA) is 61.8 Å². The fourth-order valence-electron chi connectivity index (χ4n) is 5.14. The van der Waals surface area contributed by atoms with E-state index in [9.17, 15) is 9.18 Å². The largest absolute Gasteiger partial charge is 0.376 e. The molecule has 5 nitrogen and oxygen atoms in total. The van der Waals surface area contributed by atoms with Crippen molar-refractivity contribution in [3.63, 3.8) is 0 Å². The van der Waals surface area contributed by atoms with Crippen LogP contribution in [0.15, 0.2) is 0 Å². The van der Waals surface area contributed by atoms with Crippen LogP contribution in [0.2, 0.25) is 0 Å². The Morgan fingerprint density at radius 2 is 1.96 bits per heavy atom. The second-order valence-corrected chi connectivity index (χ2v) is 8.42. The van der Waals surface area contributed by atoms with E-state index in [1.165, 1.54) is 0 Å². The monoisotopic (exact) mass is 356 g/mol. The maximum absolute atomic E-state index is 13.5. The van der Waals surface area contributed by atoms with Crippen LogP contribution in [0, 0.1) is 17.8 Å². The van der Waals surface area contributed by atoms with Gasteiger partial charge in [-0.15, -0.1) is 0 Å².